The van der Waals surface area contributed by atoms with Gasteiger partial charge in [-0.25, -0.2) is 0 Å². The first-order valence-electron chi connectivity index (χ1n) is 12.1. The molecule has 3 N–H and O–H groups in total. The Bertz CT molecular complexity index is 1310. The monoisotopic (exact) mass is 503 g/mol. The summed E-state index contributed by atoms with van der Waals surface area (Å²) in [7, 11) is 0. The second-order valence-electron chi connectivity index (χ2n) is 8.57. The van der Waals surface area contributed by atoms with Crippen molar-refractivity contribution >= 4 is 28.4 Å². The van der Waals surface area contributed by atoms with Gasteiger partial charge in [-0.1, -0.05) is 42.8 Å². The van der Waals surface area contributed by atoms with E-state index in [1.165, 1.54) is 0 Å². The van der Waals surface area contributed by atoms with Gasteiger partial charge < -0.3 is 20.5 Å². The molecule has 0 fully saturated rings. The van der Waals surface area contributed by atoms with E-state index in [1.54, 1.807) is 30.5 Å². The Morgan fingerprint density at radius 1 is 1.06 bits per heavy atom. The van der Waals surface area contributed by atoms with Crippen LogP contribution in [0, 0.1) is 0 Å². The van der Waals surface area contributed by atoms with E-state index in [-0.39, 0.29) is 5.91 Å². The van der Waals surface area contributed by atoms with Crippen LogP contribution in [0.1, 0.15) is 40.9 Å². The molecule has 1 atom stereocenters. The quantitative estimate of drug-likeness (QED) is 0.229. The molecule has 0 bridgehead atoms. The molecule has 1 heterocycles. The SMILES string of the molecule is CCCNC(=O)c1ccc2c(Oc3ccc(CCNC[C@H](O)c4cccc(Cl)c4)cc3)ccnc2c1. The summed E-state index contributed by atoms with van der Waals surface area (Å²) in [4.78, 5) is 16.7. The normalized spacial score (nSPS) is 11.9. The maximum absolute atomic E-state index is 12.3. The highest BCUT2D eigenvalue weighted by atomic mass is 35.5. The summed E-state index contributed by atoms with van der Waals surface area (Å²) in [5.41, 5.74) is 3.25. The number of aliphatic hydroxyl groups excluding tert-OH is 1. The van der Waals surface area contributed by atoms with Gasteiger partial charge in [0.15, 0.2) is 0 Å². The predicted octanol–water partition coefficient (Wildman–Crippen LogP) is 5.69. The third kappa shape index (κ3) is 6.82. The van der Waals surface area contributed by atoms with E-state index in [2.05, 4.69) is 15.6 Å². The van der Waals surface area contributed by atoms with Crippen LogP contribution < -0.4 is 15.4 Å². The zero-order valence-corrected chi connectivity index (χ0v) is 21.0. The Balaban J connectivity index is 1.32. The number of hydrogen-bond donors (Lipinski definition) is 3. The topological polar surface area (TPSA) is 83.5 Å². The summed E-state index contributed by atoms with van der Waals surface area (Å²) in [5.74, 6) is 1.31. The predicted molar refractivity (Wildman–Crippen MR) is 144 cm³/mol. The van der Waals surface area contributed by atoms with Gasteiger partial charge in [0.1, 0.15) is 11.5 Å². The number of aliphatic hydroxyl groups is 1. The number of hydrogen-bond acceptors (Lipinski definition) is 5. The minimum Gasteiger partial charge on any atom is -0.457 e. The van der Waals surface area contributed by atoms with Crippen molar-refractivity contribution in [2.24, 2.45) is 0 Å². The zero-order valence-electron chi connectivity index (χ0n) is 20.2. The third-order valence-electron chi connectivity index (χ3n) is 5.81. The van der Waals surface area contributed by atoms with Crippen molar-refractivity contribution in [1.29, 1.82) is 0 Å². The number of rotatable bonds is 11. The first-order chi connectivity index (χ1) is 17.5. The molecule has 4 rings (SSSR count). The van der Waals surface area contributed by atoms with Gasteiger partial charge in [0.2, 0.25) is 0 Å². The summed E-state index contributed by atoms with van der Waals surface area (Å²) >= 11 is 6.00. The number of carbonyl (C=O) groups is 1. The standard InChI is InChI=1S/C29H30ClN3O3/c1-2-14-33-29(35)22-8-11-25-26(18-22)32-16-13-28(25)36-24-9-6-20(7-10-24)12-15-31-19-27(34)21-4-3-5-23(30)17-21/h3-11,13,16-18,27,31,34H,2,12,14-15,19H2,1H3,(H,33,35)/t27-/m0/s1. The average molecular weight is 504 g/mol. The lowest BCUT2D eigenvalue weighted by Crippen LogP contribution is -2.23. The Morgan fingerprint density at radius 2 is 1.89 bits per heavy atom. The molecule has 3 aromatic carbocycles. The van der Waals surface area contributed by atoms with E-state index in [1.807, 2.05) is 55.5 Å². The number of aromatic nitrogens is 1. The smallest absolute Gasteiger partial charge is 0.251 e. The molecule has 7 heteroatoms. The van der Waals surface area contributed by atoms with Crippen LogP contribution in [0.4, 0.5) is 0 Å². The minimum atomic E-state index is -0.600. The number of pyridine rings is 1. The summed E-state index contributed by atoms with van der Waals surface area (Å²) in [5, 5.41) is 17.9. The number of ether oxygens (including phenoxy) is 1. The maximum Gasteiger partial charge on any atom is 0.251 e. The summed E-state index contributed by atoms with van der Waals surface area (Å²) in [6, 6.07) is 22.5. The lowest BCUT2D eigenvalue weighted by molar-refractivity contribution is 0.0953. The van der Waals surface area contributed by atoms with Gasteiger partial charge in [0.25, 0.3) is 5.91 Å². The van der Waals surface area contributed by atoms with E-state index in [0.29, 0.717) is 34.9 Å². The van der Waals surface area contributed by atoms with Crippen molar-refractivity contribution in [3.63, 3.8) is 0 Å². The first-order valence-corrected chi connectivity index (χ1v) is 12.5. The van der Waals surface area contributed by atoms with E-state index in [0.717, 1.165) is 41.6 Å². The molecule has 36 heavy (non-hydrogen) atoms. The van der Waals surface area contributed by atoms with E-state index in [4.69, 9.17) is 16.3 Å². The highest BCUT2D eigenvalue weighted by Gasteiger charge is 2.10. The minimum absolute atomic E-state index is 0.101. The van der Waals surface area contributed by atoms with Crippen molar-refractivity contribution in [3.8, 4) is 11.5 Å². The number of amides is 1. The van der Waals surface area contributed by atoms with Gasteiger partial charge in [0, 0.05) is 35.3 Å². The number of halogens is 1. The van der Waals surface area contributed by atoms with Crippen molar-refractivity contribution in [3.05, 3.63) is 101 Å². The molecule has 0 saturated heterocycles. The van der Waals surface area contributed by atoms with Crippen LogP contribution in [0.25, 0.3) is 10.9 Å². The molecule has 0 spiro atoms. The van der Waals surface area contributed by atoms with Gasteiger partial charge in [0.05, 0.1) is 11.6 Å². The molecule has 4 aromatic rings. The van der Waals surface area contributed by atoms with Crippen LogP contribution in [-0.4, -0.2) is 35.6 Å². The molecule has 186 valence electrons. The number of benzene rings is 3. The Labute approximate surface area is 216 Å². The van der Waals surface area contributed by atoms with E-state index >= 15 is 0 Å². The van der Waals surface area contributed by atoms with Crippen molar-refractivity contribution < 1.29 is 14.6 Å². The Kier molecular flexibility index (Phi) is 8.90. The first kappa shape index (κ1) is 25.6. The number of fused-ring (bicyclic) bond motifs is 1. The molecule has 1 aromatic heterocycles. The molecule has 0 saturated carbocycles. The lowest BCUT2D eigenvalue weighted by atomic mass is 10.1. The van der Waals surface area contributed by atoms with Gasteiger partial charge >= 0.3 is 0 Å². The molecular weight excluding hydrogens is 474 g/mol. The number of carbonyl (C=O) groups excluding carboxylic acids is 1. The maximum atomic E-state index is 12.3. The van der Waals surface area contributed by atoms with Crippen molar-refractivity contribution in [2.45, 2.75) is 25.9 Å². The third-order valence-corrected chi connectivity index (χ3v) is 6.05. The van der Waals surface area contributed by atoms with Gasteiger partial charge in [-0.3, -0.25) is 9.78 Å². The number of nitrogens with one attached hydrogen (secondary N) is 2. The highest BCUT2D eigenvalue weighted by molar-refractivity contribution is 6.30. The highest BCUT2D eigenvalue weighted by Crippen LogP contribution is 2.29. The van der Waals surface area contributed by atoms with Crippen LogP contribution in [-0.2, 0) is 6.42 Å². The van der Waals surface area contributed by atoms with E-state index < -0.39 is 6.10 Å². The summed E-state index contributed by atoms with van der Waals surface area (Å²) in [6.07, 6.45) is 2.79. The van der Waals surface area contributed by atoms with E-state index in [9.17, 15) is 9.90 Å². The second kappa shape index (κ2) is 12.5. The zero-order chi connectivity index (χ0) is 25.3. The lowest BCUT2D eigenvalue weighted by Gasteiger charge is -2.13. The Hall–Kier alpha value is -3.45. The molecule has 1 amide bonds. The molecule has 0 aliphatic rings. The van der Waals surface area contributed by atoms with Crippen LogP contribution >= 0.6 is 11.6 Å². The average Bonchev–Trinajstić information content (AvgIpc) is 2.90. The van der Waals surface area contributed by atoms with Crippen LogP contribution in [0.5, 0.6) is 11.5 Å². The van der Waals surface area contributed by atoms with Crippen molar-refractivity contribution in [1.82, 2.24) is 15.6 Å². The van der Waals surface area contributed by atoms with Crippen LogP contribution in [0.15, 0.2) is 79.0 Å². The Morgan fingerprint density at radius 3 is 2.67 bits per heavy atom. The fourth-order valence-electron chi connectivity index (χ4n) is 3.85. The summed E-state index contributed by atoms with van der Waals surface area (Å²) in [6.45, 7) is 3.86. The molecule has 0 unspecified atom stereocenters. The largest absolute Gasteiger partial charge is 0.457 e. The fraction of sp³-hybridized carbons (Fsp3) is 0.241. The van der Waals surface area contributed by atoms with Gasteiger partial charge in [-0.05, 0) is 79.0 Å². The molecular formula is C29H30ClN3O3. The fourth-order valence-corrected chi connectivity index (χ4v) is 4.05. The van der Waals surface area contributed by atoms with Gasteiger partial charge in [-0.2, -0.15) is 0 Å². The molecule has 0 aliphatic carbocycles. The van der Waals surface area contributed by atoms with Crippen molar-refractivity contribution in [2.75, 3.05) is 19.6 Å². The van der Waals surface area contributed by atoms with Crippen LogP contribution in [0.2, 0.25) is 5.02 Å². The second-order valence-corrected chi connectivity index (χ2v) is 9.00. The molecule has 0 aliphatic heterocycles. The van der Waals surface area contributed by atoms with Crippen LogP contribution in [0.3, 0.4) is 0 Å². The van der Waals surface area contributed by atoms with Gasteiger partial charge in [-0.15, -0.1) is 0 Å². The molecule has 6 nitrogen and oxygen atoms in total. The number of nitrogens with zero attached hydrogens (tertiary/aromatic N) is 1. The summed E-state index contributed by atoms with van der Waals surface area (Å²) < 4.78 is 6.13. The molecule has 0 radical (unpaired) electrons.